The van der Waals surface area contributed by atoms with Crippen LogP contribution in [0.5, 0.6) is 0 Å². The molecule has 3 aromatic rings. The predicted octanol–water partition coefficient (Wildman–Crippen LogP) is 5.73. The van der Waals surface area contributed by atoms with Gasteiger partial charge in [0.25, 0.3) is 5.91 Å². The van der Waals surface area contributed by atoms with E-state index < -0.39 is 47.2 Å². The number of rotatable bonds is 4. The molecular formula is C21H15BrF6N4O. The summed E-state index contributed by atoms with van der Waals surface area (Å²) in [7, 11) is 1.24. The number of aryl methyl sites for hydroxylation is 1. The Morgan fingerprint density at radius 3 is 2.36 bits per heavy atom. The molecule has 33 heavy (non-hydrogen) atoms. The maximum Gasteiger partial charge on any atom is 0.416 e. The molecule has 0 bridgehead atoms. The topological polar surface area (TPSA) is 51.0 Å². The number of carbonyl (C=O) groups excluding carboxylic acids is 1. The van der Waals surface area contributed by atoms with Crippen LogP contribution in [-0.2, 0) is 31.4 Å². The molecule has 1 aliphatic rings. The average molecular weight is 533 g/mol. The van der Waals surface area contributed by atoms with E-state index in [1.54, 1.807) is 0 Å². The minimum atomic E-state index is -4.71. The number of hydrogen-bond acceptors (Lipinski definition) is 3. The zero-order valence-electron chi connectivity index (χ0n) is 17.1. The second-order valence-corrected chi connectivity index (χ2v) is 8.68. The van der Waals surface area contributed by atoms with E-state index >= 15 is 13.2 Å². The SMILES string of the molecule is Cn1cnnc1C(F)(F)C(C)(F)c1cccc(N2Cc3c(cc(Br)cc3C(F)(F)F)C2=O)c1. The van der Waals surface area contributed by atoms with E-state index in [2.05, 4.69) is 26.1 Å². The minimum Gasteiger partial charge on any atom is -0.316 e. The van der Waals surface area contributed by atoms with Gasteiger partial charge in [0.15, 0.2) is 0 Å². The van der Waals surface area contributed by atoms with Crippen LogP contribution in [0, 0.1) is 0 Å². The largest absolute Gasteiger partial charge is 0.416 e. The summed E-state index contributed by atoms with van der Waals surface area (Å²) in [4.78, 5) is 13.9. The molecule has 0 saturated carbocycles. The second-order valence-electron chi connectivity index (χ2n) is 7.76. The highest BCUT2D eigenvalue weighted by atomic mass is 79.9. The van der Waals surface area contributed by atoms with E-state index in [4.69, 9.17) is 0 Å². The minimum absolute atomic E-state index is 0.0180. The molecule has 0 radical (unpaired) electrons. The van der Waals surface area contributed by atoms with Crippen LogP contribution in [0.1, 0.15) is 39.8 Å². The smallest absolute Gasteiger partial charge is 0.316 e. The normalized spacial score (nSPS) is 16.2. The lowest BCUT2D eigenvalue weighted by Crippen LogP contribution is -2.39. The van der Waals surface area contributed by atoms with Crippen molar-refractivity contribution in [3.63, 3.8) is 0 Å². The van der Waals surface area contributed by atoms with Gasteiger partial charge in [-0.15, -0.1) is 10.2 Å². The maximum absolute atomic E-state index is 15.6. The summed E-state index contributed by atoms with van der Waals surface area (Å²) in [5, 5.41) is 6.67. The van der Waals surface area contributed by atoms with Crippen LogP contribution in [0.4, 0.5) is 32.0 Å². The van der Waals surface area contributed by atoms with Crippen molar-refractivity contribution in [2.75, 3.05) is 4.90 Å². The predicted molar refractivity (Wildman–Crippen MR) is 109 cm³/mol. The Morgan fingerprint density at radius 1 is 1.06 bits per heavy atom. The third-order valence-corrected chi connectivity index (χ3v) is 6.05. The number of carbonyl (C=O) groups is 1. The van der Waals surface area contributed by atoms with Gasteiger partial charge in [-0.25, -0.2) is 4.39 Å². The zero-order valence-corrected chi connectivity index (χ0v) is 18.7. The first kappa shape index (κ1) is 23.3. The van der Waals surface area contributed by atoms with Crippen molar-refractivity contribution >= 4 is 27.5 Å². The van der Waals surface area contributed by atoms with Crippen LogP contribution >= 0.6 is 15.9 Å². The first-order valence-electron chi connectivity index (χ1n) is 9.48. The first-order chi connectivity index (χ1) is 15.2. The number of fused-ring (bicyclic) bond motifs is 1. The third-order valence-electron chi connectivity index (χ3n) is 5.59. The fourth-order valence-electron chi connectivity index (χ4n) is 3.76. The highest BCUT2D eigenvalue weighted by molar-refractivity contribution is 9.10. The molecule has 1 unspecified atom stereocenters. The van der Waals surface area contributed by atoms with E-state index in [0.29, 0.717) is 6.92 Å². The quantitative estimate of drug-likeness (QED) is 0.403. The van der Waals surface area contributed by atoms with E-state index in [1.165, 1.54) is 25.2 Å². The average Bonchev–Trinajstić information content (AvgIpc) is 3.30. The molecule has 2 heterocycles. The summed E-state index contributed by atoms with van der Waals surface area (Å²) in [5.41, 5.74) is -5.16. The van der Waals surface area contributed by atoms with Crippen LogP contribution in [-0.4, -0.2) is 20.7 Å². The lowest BCUT2D eigenvalue weighted by molar-refractivity contribution is -0.149. The van der Waals surface area contributed by atoms with Crippen molar-refractivity contribution in [1.29, 1.82) is 0 Å². The summed E-state index contributed by atoms with van der Waals surface area (Å²) < 4.78 is 87.1. The van der Waals surface area contributed by atoms with Gasteiger partial charge in [-0.2, -0.15) is 22.0 Å². The monoisotopic (exact) mass is 532 g/mol. The fourth-order valence-corrected chi connectivity index (χ4v) is 4.22. The molecule has 2 aromatic carbocycles. The summed E-state index contributed by atoms with van der Waals surface area (Å²) >= 11 is 2.98. The number of hydrogen-bond donors (Lipinski definition) is 0. The lowest BCUT2D eigenvalue weighted by atomic mass is 9.90. The Hall–Kier alpha value is -2.89. The molecular weight excluding hydrogens is 518 g/mol. The standard InChI is InChI=1S/C21H15BrF6N4O/c1-19(23,20(24,25)18-30-29-10-31(18)2)11-4-3-5-13(6-11)32-9-15-14(17(32)33)7-12(22)8-16(15)21(26,27)28/h3-8,10H,9H2,1-2H3. The molecule has 0 N–H and O–H groups in total. The number of anilines is 1. The Balaban J connectivity index is 1.75. The van der Waals surface area contributed by atoms with E-state index in [-0.39, 0.29) is 21.3 Å². The van der Waals surface area contributed by atoms with Crippen molar-refractivity contribution in [3.8, 4) is 0 Å². The van der Waals surface area contributed by atoms with Crippen molar-refractivity contribution in [3.05, 3.63) is 75.3 Å². The molecule has 1 amide bonds. The molecule has 0 fully saturated rings. The van der Waals surface area contributed by atoms with Crippen LogP contribution in [0.25, 0.3) is 0 Å². The highest BCUT2D eigenvalue weighted by Crippen LogP contribution is 2.48. The molecule has 0 saturated heterocycles. The molecule has 5 nitrogen and oxygen atoms in total. The van der Waals surface area contributed by atoms with Crippen LogP contribution in [0.15, 0.2) is 47.2 Å². The third kappa shape index (κ3) is 3.69. The summed E-state index contributed by atoms with van der Waals surface area (Å²) in [6.07, 6.45) is -3.70. The summed E-state index contributed by atoms with van der Waals surface area (Å²) in [5.74, 6) is -5.75. The molecule has 12 heteroatoms. The maximum atomic E-state index is 15.6. The van der Waals surface area contributed by atoms with Crippen LogP contribution < -0.4 is 4.90 Å². The molecule has 0 spiro atoms. The Labute approximate surface area is 192 Å². The van der Waals surface area contributed by atoms with Crippen molar-refractivity contribution in [2.45, 2.75) is 31.2 Å². The Kier molecular flexibility index (Phi) is 5.34. The first-order valence-corrected chi connectivity index (χ1v) is 10.3. The van der Waals surface area contributed by atoms with Gasteiger partial charge in [-0.1, -0.05) is 28.1 Å². The number of aromatic nitrogens is 3. The second kappa shape index (κ2) is 7.57. The van der Waals surface area contributed by atoms with Gasteiger partial charge in [0, 0.05) is 22.8 Å². The van der Waals surface area contributed by atoms with E-state index in [1.807, 2.05) is 0 Å². The van der Waals surface area contributed by atoms with Gasteiger partial charge >= 0.3 is 12.1 Å². The molecule has 4 rings (SSSR count). The van der Waals surface area contributed by atoms with Crippen LogP contribution in [0.3, 0.4) is 0 Å². The Bertz CT molecular complexity index is 1250. The number of nitrogens with zero attached hydrogens (tertiary/aromatic N) is 4. The zero-order chi connectivity index (χ0) is 24.3. The van der Waals surface area contributed by atoms with Gasteiger partial charge in [-0.3, -0.25) is 4.79 Å². The Morgan fingerprint density at radius 2 is 1.76 bits per heavy atom. The molecule has 174 valence electrons. The molecule has 1 aromatic heterocycles. The van der Waals surface area contributed by atoms with Crippen molar-refractivity contribution in [1.82, 2.24) is 14.8 Å². The molecule has 0 aliphatic carbocycles. The number of benzene rings is 2. The van der Waals surface area contributed by atoms with Gasteiger partial charge in [0.2, 0.25) is 11.5 Å². The number of halogens is 7. The van der Waals surface area contributed by atoms with E-state index in [9.17, 15) is 18.0 Å². The fraction of sp³-hybridized carbons (Fsp3) is 0.286. The summed E-state index contributed by atoms with van der Waals surface area (Å²) in [6.45, 7) is 0.225. The molecule has 1 atom stereocenters. The van der Waals surface area contributed by atoms with Crippen LogP contribution in [0.2, 0.25) is 0 Å². The summed E-state index contributed by atoms with van der Waals surface area (Å²) in [6, 6.07) is 6.86. The van der Waals surface area contributed by atoms with Crippen molar-refractivity contribution in [2.24, 2.45) is 7.05 Å². The number of alkyl halides is 6. The molecule has 1 aliphatic heterocycles. The van der Waals surface area contributed by atoms with Gasteiger partial charge in [-0.05, 0) is 42.3 Å². The van der Waals surface area contributed by atoms with Gasteiger partial charge in [0.05, 0.1) is 12.1 Å². The van der Waals surface area contributed by atoms with Crippen molar-refractivity contribution < 1.29 is 31.1 Å². The van der Waals surface area contributed by atoms with Gasteiger partial charge in [0.1, 0.15) is 6.33 Å². The van der Waals surface area contributed by atoms with E-state index in [0.717, 1.165) is 34.0 Å². The number of amides is 1. The van der Waals surface area contributed by atoms with Gasteiger partial charge < -0.3 is 9.47 Å². The highest BCUT2D eigenvalue weighted by Gasteiger charge is 2.57. The lowest BCUT2D eigenvalue weighted by Gasteiger charge is -2.30.